The van der Waals surface area contributed by atoms with Crippen LogP contribution in [-0.2, 0) is 9.53 Å². The zero-order valence-corrected chi connectivity index (χ0v) is 16.9. The predicted molar refractivity (Wildman–Crippen MR) is 103 cm³/mol. The van der Waals surface area contributed by atoms with E-state index in [1.54, 1.807) is 4.90 Å². The summed E-state index contributed by atoms with van der Waals surface area (Å²) >= 11 is 0. The summed E-state index contributed by atoms with van der Waals surface area (Å²) in [5.41, 5.74) is 0.354. The Morgan fingerprint density at radius 1 is 1.04 bits per heavy atom. The van der Waals surface area contributed by atoms with Gasteiger partial charge >= 0.3 is 6.09 Å². The van der Waals surface area contributed by atoms with Crippen molar-refractivity contribution in [2.24, 2.45) is 23.2 Å². The maximum atomic E-state index is 12.7. The van der Waals surface area contributed by atoms with E-state index in [0.717, 1.165) is 30.8 Å². The molecule has 5 rings (SSSR count). The van der Waals surface area contributed by atoms with E-state index in [4.69, 9.17) is 4.74 Å². The van der Waals surface area contributed by atoms with E-state index in [9.17, 15) is 9.59 Å². The van der Waals surface area contributed by atoms with Crippen LogP contribution in [0.1, 0.15) is 52.4 Å². The Morgan fingerprint density at radius 3 is 2.11 bits per heavy atom. The van der Waals surface area contributed by atoms with Gasteiger partial charge in [0.05, 0.1) is 13.2 Å². The van der Waals surface area contributed by atoms with Crippen LogP contribution in [0.25, 0.3) is 0 Å². The number of nitrogens with one attached hydrogen (secondary N) is 1. The van der Waals surface area contributed by atoms with Crippen LogP contribution in [0.5, 0.6) is 0 Å². The summed E-state index contributed by atoms with van der Waals surface area (Å²) in [6.07, 6.45) is 8.02. The van der Waals surface area contributed by atoms with Crippen molar-refractivity contribution in [1.82, 2.24) is 15.1 Å². The molecule has 1 saturated heterocycles. The van der Waals surface area contributed by atoms with Crippen LogP contribution in [0.4, 0.5) is 4.79 Å². The van der Waals surface area contributed by atoms with Crippen molar-refractivity contribution in [3.63, 3.8) is 0 Å². The van der Waals surface area contributed by atoms with Gasteiger partial charge in [0.15, 0.2) is 0 Å². The molecule has 4 saturated carbocycles. The summed E-state index contributed by atoms with van der Waals surface area (Å²) < 4.78 is 5.06. The highest BCUT2D eigenvalue weighted by molar-refractivity contribution is 5.78. The second kappa shape index (κ2) is 7.61. The minimum atomic E-state index is -0.239. The molecule has 152 valence electrons. The van der Waals surface area contributed by atoms with Gasteiger partial charge < -0.3 is 15.0 Å². The third kappa shape index (κ3) is 3.96. The molecule has 0 aromatic rings. The number of ether oxygens (including phenoxy) is 1. The molecule has 2 amide bonds. The van der Waals surface area contributed by atoms with Crippen LogP contribution in [0.2, 0.25) is 0 Å². The molecule has 5 fully saturated rings. The molecule has 0 unspecified atom stereocenters. The van der Waals surface area contributed by atoms with Crippen LogP contribution in [0, 0.1) is 23.2 Å². The SMILES string of the molecule is CCOC(=O)N1CCN(CC(=O)N[C@@H](C)C23CC4CC(CC(C4)C2)C3)CC1. The molecular formula is C21H35N3O3. The Bertz CT molecular complexity index is 536. The fourth-order valence-electron chi connectivity index (χ4n) is 6.65. The second-order valence-electron chi connectivity index (χ2n) is 9.53. The summed E-state index contributed by atoms with van der Waals surface area (Å²) in [5, 5.41) is 3.35. The van der Waals surface area contributed by atoms with Crippen molar-refractivity contribution in [2.75, 3.05) is 39.3 Å². The topological polar surface area (TPSA) is 61.9 Å². The summed E-state index contributed by atoms with van der Waals surface area (Å²) in [5.74, 6) is 2.87. The van der Waals surface area contributed by atoms with E-state index >= 15 is 0 Å². The van der Waals surface area contributed by atoms with Crippen LogP contribution in [-0.4, -0.2) is 67.2 Å². The average molecular weight is 378 g/mol. The highest BCUT2D eigenvalue weighted by Gasteiger charge is 2.53. The maximum Gasteiger partial charge on any atom is 0.409 e. The van der Waals surface area contributed by atoms with Crippen LogP contribution in [0.15, 0.2) is 0 Å². The molecule has 4 bridgehead atoms. The van der Waals surface area contributed by atoms with Gasteiger partial charge in [-0.25, -0.2) is 4.79 Å². The van der Waals surface area contributed by atoms with Crippen LogP contribution in [0.3, 0.4) is 0 Å². The number of hydrogen-bond donors (Lipinski definition) is 1. The largest absolute Gasteiger partial charge is 0.450 e. The fourth-order valence-corrected chi connectivity index (χ4v) is 6.65. The lowest BCUT2D eigenvalue weighted by Crippen LogP contribution is -2.57. The Morgan fingerprint density at radius 2 is 1.59 bits per heavy atom. The molecule has 1 aliphatic heterocycles. The molecule has 5 aliphatic rings. The minimum Gasteiger partial charge on any atom is -0.450 e. The second-order valence-corrected chi connectivity index (χ2v) is 9.53. The Hall–Kier alpha value is -1.30. The van der Waals surface area contributed by atoms with Crippen molar-refractivity contribution < 1.29 is 14.3 Å². The lowest BCUT2D eigenvalue weighted by atomic mass is 9.48. The molecule has 27 heavy (non-hydrogen) atoms. The number of nitrogens with zero attached hydrogens (tertiary/aromatic N) is 2. The number of hydrogen-bond acceptors (Lipinski definition) is 4. The Balaban J connectivity index is 1.25. The van der Waals surface area contributed by atoms with E-state index < -0.39 is 0 Å². The van der Waals surface area contributed by atoms with Crippen molar-refractivity contribution >= 4 is 12.0 Å². The number of amides is 2. The zero-order chi connectivity index (χ0) is 19.0. The highest BCUT2D eigenvalue weighted by atomic mass is 16.6. The summed E-state index contributed by atoms with van der Waals surface area (Å²) in [6.45, 7) is 7.65. The van der Waals surface area contributed by atoms with Gasteiger partial charge in [-0.2, -0.15) is 0 Å². The standard InChI is InChI=1S/C21H35N3O3/c1-3-27-20(26)24-6-4-23(5-7-24)14-19(25)22-15(2)21-11-16-8-17(12-21)10-18(9-16)13-21/h15-18H,3-14H2,1-2H3,(H,22,25)/t15-,16?,17?,18?,21?/m0/s1. The van der Waals surface area contributed by atoms with Gasteiger partial charge in [0.1, 0.15) is 0 Å². The number of piperazine rings is 1. The van der Waals surface area contributed by atoms with Crippen LogP contribution < -0.4 is 5.32 Å². The summed E-state index contributed by atoms with van der Waals surface area (Å²) in [7, 11) is 0. The molecule has 1 atom stereocenters. The quantitative estimate of drug-likeness (QED) is 0.800. The van der Waals surface area contributed by atoms with Crippen molar-refractivity contribution in [3.05, 3.63) is 0 Å². The molecular weight excluding hydrogens is 342 g/mol. The average Bonchev–Trinajstić information content (AvgIpc) is 2.61. The lowest BCUT2D eigenvalue weighted by Gasteiger charge is -2.59. The van der Waals surface area contributed by atoms with E-state index in [-0.39, 0.29) is 18.0 Å². The molecule has 0 spiro atoms. The first kappa shape index (κ1) is 19.0. The van der Waals surface area contributed by atoms with Gasteiger partial charge in [-0.1, -0.05) is 0 Å². The molecule has 0 radical (unpaired) electrons. The number of rotatable bonds is 5. The molecule has 0 aromatic carbocycles. The smallest absolute Gasteiger partial charge is 0.409 e. The van der Waals surface area contributed by atoms with Gasteiger partial charge in [0, 0.05) is 32.2 Å². The molecule has 1 heterocycles. The maximum absolute atomic E-state index is 12.7. The first-order chi connectivity index (χ1) is 13.0. The van der Waals surface area contributed by atoms with Crippen LogP contribution >= 0.6 is 0 Å². The van der Waals surface area contributed by atoms with Crippen molar-refractivity contribution in [1.29, 1.82) is 0 Å². The summed E-state index contributed by atoms with van der Waals surface area (Å²) in [6, 6.07) is 0.277. The third-order valence-corrected chi connectivity index (χ3v) is 7.65. The predicted octanol–water partition coefficient (Wildman–Crippen LogP) is 2.48. The Kier molecular flexibility index (Phi) is 5.36. The molecule has 1 N–H and O–H groups in total. The number of carbonyl (C=O) groups is 2. The van der Waals surface area contributed by atoms with Crippen molar-refractivity contribution in [2.45, 2.75) is 58.4 Å². The van der Waals surface area contributed by atoms with E-state index in [1.807, 2.05) is 6.92 Å². The molecule has 4 aliphatic carbocycles. The minimum absolute atomic E-state index is 0.142. The first-order valence-electron chi connectivity index (χ1n) is 10.9. The van der Waals surface area contributed by atoms with Gasteiger partial charge in [0.2, 0.25) is 5.91 Å². The normalized spacial score (nSPS) is 36.5. The molecule has 6 nitrogen and oxygen atoms in total. The molecule has 0 aromatic heterocycles. The first-order valence-corrected chi connectivity index (χ1v) is 10.9. The molecule has 6 heteroatoms. The highest BCUT2D eigenvalue weighted by Crippen LogP contribution is 2.61. The van der Waals surface area contributed by atoms with Crippen molar-refractivity contribution in [3.8, 4) is 0 Å². The third-order valence-electron chi connectivity index (χ3n) is 7.65. The van der Waals surface area contributed by atoms with Gasteiger partial charge in [0.25, 0.3) is 0 Å². The van der Waals surface area contributed by atoms with E-state index in [1.165, 1.54) is 38.5 Å². The monoisotopic (exact) mass is 377 g/mol. The lowest BCUT2D eigenvalue weighted by molar-refractivity contribution is -0.127. The van der Waals surface area contributed by atoms with Gasteiger partial charge in [-0.15, -0.1) is 0 Å². The van der Waals surface area contributed by atoms with E-state index in [0.29, 0.717) is 31.7 Å². The zero-order valence-electron chi connectivity index (χ0n) is 16.9. The van der Waals surface area contributed by atoms with Gasteiger partial charge in [-0.3, -0.25) is 9.69 Å². The number of carbonyl (C=O) groups excluding carboxylic acids is 2. The Labute approximate surface area is 163 Å². The van der Waals surface area contributed by atoms with Gasteiger partial charge in [-0.05, 0) is 75.5 Å². The fraction of sp³-hybridized carbons (Fsp3) is 0.905. The van der Waals surface area contributed by atoms with E-state index in [2.05, 4.69) is 17.1 Å². The summed E-state index contributed by atoms with van der Waals surface area (Å²) in [4.78, 5) is 28.3.